The molecule has 0 spiro atoms. The molecule has 0 saturated carbocycles. The van der Waals surface area contributed by atoms with Gasteiger partial charge in [0.05, 0.1) is 12.6 Å². The van der Waals surface area contributed by atoms with Gasteiger partial charge in [0.25, 0.3) is 0 Å². The molecule has 4 heteroatoms. The molecule has 128 valence electrons. The Bertz CT molecular complexity index is 626. The van der Waals surface area contributed by atoms with Gasteiger partial charge in [-0.2, -0.15) is 0 Å². The molecule has 0 heterocycles. The maximum absolute atomic E-state index is 5.50. The lowest BCUT2D eigenvalue weighted by atomic mass is 9.97. The highest BCUT2D eigenvalue weighted by atomic mass is 32.1. The molecular formula is C20H26N2OS. The molecule has 0 aliphatic rings. The lowest BCUT2D eigenvalue weighted by molar-refractivity contribution is 0.340. The van der Waals surface area contributed by atoms with Gasteiger partial charge in [-0.3, -0.25) is 0 Å². The van der Waals surface area contributed by atoms with Crippen LogP contribution in [0, 0.1) is 5.92 Å². The second kappa shape index (κ2) is 9.28. The van der Waals surface area contributed by atoms with E-state index in [-0.39, 0.29) is 6.04 Å². The highest BCUT2D eigenvalue weighted by Crippen LogP contribution is 2.21. The van der Waals surface area contributed by atoms with Crippen LogP contribution in [0.5, 0.6) is 5.75 Å². The van der Waals surface area contributed by atoms with Crippen molar-refractivity contribution in [1.82, 2.24) is 5.32 Å². The fraction of sp³-hybridized carbons (Fsp3) is 0.350. The molecule has 0 amide bonds. The van der Waals surface area contributed by atoms with Gasteiger partial charge in [0.2, 0.25) is 0 Å². The summed E-state index contributed by atoms with van der Waals surface area (Å²) in [6, 6.07) is 18.5. The van der Waals surface area contributed by atoms with Crippen molar-refractivity contribution >= 4 is 23.0 Å². The molecule has 0 radical (unpaired) electrons. The molecule has 0 aliphatic heterocycles. The number of ether oxygens (including phenoxy) is 1. The van der Waals surface area contributed by atoms with Crippen LogP contribution in [0.4, 0.5) is 5.69 Å². The Morgan fingerprint density at radius 1 is 1.04 bits per heavy atom. The molecule has 0 aliphatic carbocycles. The van der Waals surface area contributed by atoms with Crippen molar-refractivity contribution in [2.75, 3.05) is 11.9 Å². The van der Waals surface area contributed by atoms with Gasteiger partial charge in [-0.15, -0.1) is 0 Å². The third kappa shape index (κ3) is 5.85. The minimum absolute atomic E-state index is 0.203. The van der Waals surface area contributed by atoms with E-state index >= 15 is 0 Å². The summed E-state index contributed by atoms with van der Waals surface area (Å²) in [4.78, 5) is 0. The first-order valence-corrected chi connectivity index (χ1v) is 8.84. The van der Waals surface area contributed by atoms with Crippen LogP contribution in [0.1, 0.15) is 38.8 Å². The summed E-state index contributed by atoms with van der Waals surface area (Å²) in [6.45, 7) is 7.09. The van der Waals surface area contributed by atoms with Crippen LogP contribution in [0.2, 0.25) is 0 Å². The van der Waals surface area contributed by atoms with Crippen LogP contribution in [0.3, 0.4) is 0 Å². The van der Waals surface area contributed by atoms with E-state index in [9.17, 15) is 0 Å². The molecule has 2 rings (SSSR count). The molecule has 0 aromatic heterocycles. The van der Waals surface area contributed by atoms with Crippen LogP contribution in [0.25, 0.3) is 0 Å². The summed E-state index contributed by atoms with van der Waals surface area (Å²) in [6.07, 6.45) is 1.02. The minimum Gasteiger partial charge on any atom is -0.494 e. The van der Waals surface area contributed by atoms with Crippen molar-refractivity contribution in [3.05, 3.63) is 60.2 Å². The van der Waals surface area contributed by atoms with Gasteiger partial charge < -0.3 is 15.4 Å². The zero-order valence-electron chi connectivity index (χ0n) is 14.6. The van der Waals surface area contributed by atoms with Crippen molar-refractivity contribution in [2.45, 2.75) is 33.2 Å². The summed E-state index contributed by atoms with van der Waals surface area (Å²) in [5.41, 5.74) is 2.20. The quantitative estimate of drug-likeness (QED) is 0.681. The zero-order chi connectivity index (χ0) is 17.4. The first-order valence-electron chi connectivity index (χ1n) is 8.43. The van der Waals surface area contributed by atoms with Crippen molar-refractivity contribution in [2.24, 2.45) is 5.92 Å². The highest BCUT2D eigenvalue weighted by Gasteiger charge is 2.14. The third-order valence-electron chi connectivity index (χ3n) is 3.64. The highest BCUT2D eigenvalue weighted by molar-refractivity contribution is 7.80. The summed E-state index contributed by atoms with van der Waals surface area (Å²) in [7, 11) is 0. The van der Waals surface area contributed by atoms with Crippen LogP contribution in [0.15, 0.2) is 54.6 Å². The van der Waals surface area contributed by atoms with Crippen molar-refractivity contribution in [3.63, 3.8) is 0 Å². The predicted octanol–water partition coefficient (Wildman–Crippen LogP) is 5.16. The molecule has 3 nitrogen and oxygen atoms in total. The molecular weight excluding hydrogens is 316 g/mol. The molecule has 2 N–H and O–H groups in total. The number of nitrogens with one attached hydrogen (secondary N) is 2. The maximum atomic E-state index is 5.50. The van der Waals surface area contributed by atoms with Gasteiger partial charge in [-0.25, -0.2) is 0 Å². The Balaban J connectivity index is 1.99. The lowest BCUT2D eigenvalue weighted by Gasteiger charge is -2.23. The van der Waals surface area contributed by atoms with Crippen LogP contribution < -0.4 is 15.4 Å². The van der Waals surface area contributed by atoms with Gasteiger partial charge in [-0.1, -0.05) is 44.2 Å². The molecule has 2 aromatic carbocycles. The molecule has 0 fully saturated rings. The van der Waals surface area contributed by atoms with E-state index in [4.69, 9.17) is 17.0 Å². The number of hydrogen-bond donors (Lipinski definition) is 2. The number of thiocarbonyl (C=S) groups is 1. The van der Waals surface area contributed by atoms with Crippen LogP contribution >= 0.6 is 12.2 Å². The first-order chi connectivity index (χ1) is 11.6. The number of rotatable bonds is 7. The Morgan fingerprint density at radius 3 is 2.29 bits per heavy atom. The Kier molecular flexibility index (Phi) is 7.07. The largest absolute Gasteiger partial charge is 0.494 e. The number of hydrogen-bond acceptors (Lipinski definition) is 2. The summed E-state index contributed by atoms with van der Waals surface area (Å²) in [5, 5.41) is 7.32. The molecule has 24 heavy (non-hydrogen) atoms. The average Bonchev–Trinajstić information content (AvgIpc) is 2.57. The standard InChI is InChI=1S/C20H26N2OS/c1-4-23-18-12-10-17(11-13-18)21-20(24)22-19(14-15(2)3)16-8-6-5-7-9-16/h5-13,15,19H,4,14H2,1-3H3,(H2,21,22,24). The normalized spacial score (nSPS) is 11.8. The predicted molar refractivity (Wildman–Crippen MR) is 106 cm³/mol. The second-order valence-corrected chi connectivity index (χ2v) is 6.56. The van der Waals surface area contributed by atoms with E-state index in [2.05, 4.69) is 48.7 Å². The van der Waals surface area contributed by atoms with E-state index in [1.165, 1.54) is 5.56 Å². The zero-order valence-corrected chi connectivity index (χ0v) is 15.4. The number of anilines is 1. The van der Waals surface area contributed by atoms with E-state index in [1.54, 1.807) is 0 Å². The van der Waals surface area contributed by atoms with Gasteiger partial charge in [-0.05, 0) is 61.3 Å². The van der Waals surface area contributed by atoms with E-state index in [0.29, 0.717) is 17.6 Å². The second-order valence-electron chi connectivity index (χ2n) is 6.15. The summed E-state index contributed by atoms with van der Waals surface area (Å²) >= 11 is 5.50. The lowest BCUT2D eigenvalue weighted by Crippen LogP contribution is -2.33. The Labute approximate surface area is 150 Å². The average molecular weight is 343 g/mol. The Hall–Kier alpha value is -2.07. The summed E-state index contributed by atoms with van der Waals surface area (Å²) in [5.74, 6) is 1.44. The maximum Gasteiger partial charge on any atom is 0.171 e. The monoisotopic (exact) mass is 342 g/mol. The Morgan fingerprint density at radius 2 is 1.71 bits per heavy atom. The van der Waals surface area contributed by atoms with Crippen LogP contribution in [-0.4, -0.2) is 11.7 Å². The van der Waals surface area contributed by atoms with E-state index < -0.39 is 0 Å². The van der Waals surface area contributed by atoms with E-state index in [1.807, 2.05) is 37.3 Å². The van der Waals surface area contributed by atoms with Crippen molar-refractivity contribution in [3.8, 4) is 5.75 Å². The molecule has 0 bridgehead atoms. The van der Waals surface area contributed by atoms with Gasteiger partial charge in [0, 0.05) is 5.69 Å². The van der Waals surface area contributed by atoms with Gasteiger partial charge in [0.15, 0.2) is 5.11 Å². The minimum atomic E-state index is 0.203. The van der Waals surface area contributed by atoms with Crippen molar-refractivity contribution in [1.29, 1.82) is 0 Å². The van der Waals surface area contributed by atoms with Crippen LogP contribution in [-0.2, 0) is 0 Å². The third-order valence-corrected chi connectivity index (χ3v) is 3.86. The van der Waals surface area contributed by atoms with Gasteiger partial charge >= 0.3 is 0 Å². The topological polar surface area (TPSA) is 33.3 Å². The molecule has 1 atom stereocenters. The fourth-order valence-electron chi connectivity index (χ4n) is 2.56. The van der Waals surface area contributed by atoms with Crippen molar-refractivity contribution < 1.29 is 4.74 Å². The molecule has 2 aromatic rings. The van der Waals surface area contributed by atoms with E-state index in [0.717, 1.165) is 17.9 Å². The van der Waals surface area contributed by atoms with Gasteiger partial charge in [0.1, 0.15) is 5.75 Å². The smallest absolute Gasteiger partial charge is 0.171 e. The fourth-order valence-corrected chi connectivity index (χ4v) is 2.82. The molecule has 0 saturated heterocycles. The molecule has 1 unspecified atom stereocenters. The SMILES string of the molecule is CCOc1ccc(NC(=S)NC(CC(C)C)c2ccccc2)cc1. The first kappa shape index (κ1) is 18.3. The number of benzene rings is 2. The summed E-state index contributed by atoms with van der Waals surface area (Å²) < 4.78 is 5.46.